The topological polar surface area (TPSA) is 75.4 Å². The molecule has 2 heterocycles. The van der Waals surface area contributed by atoms with Crippen molar-refractivity contribution in [1.29, 1.82) is 0 Å². The lowest BCUT2D eigenvalue weighted by atomic mass is 10.1. The van der Waals surface area contributed by atoms with Gasteiger partial charge in [0.2, 0.25) is 0 Å². The number of carbonyl (C=O) groups excluding carboxylic acids is 1. The quantitative estimate of drug-likeness (QED) is 0.928. The summed E-state index contributed by atoms with van der Waals surface area (Å²) in [6.45, 7) is 0.497. The Labute approximate surface area is 121 Å². The van der Waals surface area contributed by atoms with Crippen molar-refractivity contribution >= 4 is 11.9 Å². The van der Waals surface area contributed by atoms with Crippen molar-refractivity contribution in [2.45, 2.75) is 18.9 Å². The largest absolute Gasteiger partial charge is 0.480 e. The highest BCUT2D eigenvalue weighted by atomic mass is 16.4. The molecule has 1 saturated heterocycles. The number of amides is 1. The van der Waals surface area contributed by atoms with E-state index in [1.807, 2.05) is 12.3 Å². The maximum atomic E-state index is 12.4. The minimum Gasteiger partial charge on any atom is -0.480 e. The van der Waals surface area contributed by atoms with Gasteiger partial charge in [0, 0.05) is 24.5 Å². The van der Waals surface area contributed by atoms with Gasteiger partial charge in [-0.25, -0.2) is 9.48 Å². The number of aromatic nitrogens is 2. The van der Waals surface area contributed by atoms with Gasteiger partial charge in [-0.15, -0.1) is 0 Å². The summed E-state index contributed by atoms with van der Waals surface area (Å²) in [6.07, 6.45) is 4.75. The number of carbonyl (C=O) groups is 2. The van der Waals surface area contributed by atoms with Gasteiger partial charge >= 0.3 is 5.97 Å². The van der Waals surface area contributed by atoms with Gasteiger partial charge in [0.15, 0.2) is 0 Å². The highest BCUT2D eigenvalue weighted by Gasteiger charge is 2.34. The Kier molecular flexibility index (Phi) is 3.43. The maximum absolute atomic E-state index is 12.4. The maximum Gasteiger partial charge on any atom is 0.326 e. The molecule has 6 nitrogen and oxygen atoms in total. The van der Waals surface area contributed by atoms with Crippen molar-refractivity contribution in [3.63, 3.8) is 0 Å². The van der Waals surface area contributed by atoms with Crippen LogP contribution in [0, 0.1) is 0 Å². The second-order valence-electron chi connectivity index (χ2n) is 4.99. The summed E-state index contributed by atoms with van der Waals surface area (Å²) < 4.78 is 1.70. The standard InChI is InChI=1S/C15H15N3O3/c19-14(17-9-1-3-13(17)15(20)21)11-4-6-12(7-5-11)18-10-2-8-16-18/h2,4-8,10,13H,1,3,9H2,(H,20,21). The van der Waals surface area contributed by atoms with Crippen LogP contribution in [0.25, 0.3) is 5.69 Å². The molecule has 1 N–H and O–H groups in total. The smallest absolute Gasteiger partial charge is 0.326 e. The van der Waals surface area contributed by atoms with Crippen LogP contribution in [-0.2, 0) is 4.79 Å². The second kappa shape index (κ2) is 5.40. The van der Waals surface area contributed by atoms with Crippen LogP contribution in [0.4, 0.5) is 0 Å². The summed E-state index contributed by atoms with van der Waals surface area (Å²) in [4.78, 5) is 25.0. The molecule has 0 aliphatic carbocycles. The lowest BCUT2D eigenvalue weighted by molar-refractivity contribution is -0.141. The van der Waals surface area contributed by atoms with Crippen LogP contribution in [0.3, 0.4) is 0 Å². The molecule has 0 radical (unpaired) electrons. The molecule has 1 aliphatic rings. The average molecular weight is 285 g/mol. The predicted octanol–water partition coefficient (Wildman–Crippen LogP) is 1.56. The van der Waals surface area contributed by atoms with Crippen LogP contribution in [0.1, 0.15) is 23.2 Å². The van der Waals surface area contributed by atoms with Crippen molar-refractivity contribution in [2.24, 2.45) is 0 Å². The molecule has 1 fully saturated rings. The van der Waals surface area contributed by atoms with E-state index < -0.39 is 12.0 Å². The van der Waals surface area contributed by atoms with Gasteiger partial charge in [0.25, 0.3) is 5.91 Å². The lowest BCUT2D eigenvalue weighted by Crippen LogP contribution is -2.40. The van der Waals surface area contributed by atoms with Crippen LogP contribution < -0.4 is 0 Å². The predicted molar refractivity (Wildman–Crippen MR) is 75.3 cm³/mol. The molecule has 0 bridgehead atoms. The molecule has 1 aliphatic heterocycles. The second-order valence-corrected chi connectivity index (χ2v) is 4.99. The Morgan fingerprint density at radius 1 is 1.24 bits per heavy atom. The van der Waals surface area contributed by atoms with Gasteiger partial charge in [-0.2, -0.15) is 5.10 Å². The molecule has 1 aromatic carbocycles. The van der Waals surface area contributed by atoms with Gasteiger partial charge in [-0.05, 0) is 43.2 Å². The molecule has 3 rings (SSSR count). The minimum atomic E-state index is -0.936. The first kappa shape index (κ1) is 13.4. The van der Waals surface area contributed by atoms with E-state index >= 15 is 0 Å². The fraction of sp³-hybridized carbons (Fsp3) is 0.267. The first-order chi connectivity index (χ1) is 10.2. The molecular formula is C15H15N3O3. The van der Waals surface area contributed by atoms with Gasteiger partial charge in [0.05, 0.1) is 5.69 Å². The number of hydrogen-bond donors (Lipinski definition) is 1. The summed E-state index contributed by atoms with van der Waals surface area (Å²) in [7, 11) is 0. The van der Waals surface area contributed by atoms with Gasteiger partial charge in [-0.1, -0.05) is 0 Å². The molecule has 1 amide bonds. The zero-order valence-corrected chi connectivity index (χ0v) is 11.3. The summed E-state index contributed by atoms with van der Waals surface area (Å²) in [5.74, 6) is -1.17. The van der Waals surface area contributed by atoms with E-state index in [-0.39, 0.29) is 5.91 Å². The molecule has 0 saturated carbocycles. The van der Waals surface area contributed by atoms with E-state index in [1.54, 1.807) is 35.1 Å². The molecule has 1 aromatic heterocycles. The minimum absolute atomic E-state index is 0.230. The van der Waals surface area contributed by atoms with E-state index in [2.05, 4.69) is 5.10 Å². The fourth-order valence-corrected chi connectivity index (χ4v) is 2.61. The molecule has 6 heteroatoms. The number of carboxylic acids is 1. The van der Waals surface area contributed by atoms with Gasteiger partial charge in [0.1, 0.15) is 6.04 Å². The van der Waals surface area contributed by atoms with Crippen molar-refractivity contribution in [1.82, 2.24) is 14.7 Å². The Hall–Kier alpha value is -2.63. The summed E-state index contributed by atoms with van der Waals surface area (Å²) in [5, 5.41) is 13.3. The number of rotatable bonds is 3. The molecule has 108 valence electrons. The number of aliphatic carboxylic acids is 1. The zero-order valence-electron chi connectivity index (χ0n) is 11.3. The third kappa shape index (κ3) is 2.52. The van der Waals surface area contributed by atoms with Crippen molar-refractivity contribution < 1.29 is 14.7 Å². The molecule has 1 atom stereocenters. The van der Waals surface area contributed by atoms with Crippen LogP contribution >= 0.6 is 0 Å². The summed E-state index contributed by atoms with van der Waals surface area (Å²) in [6, 6.07) is 8.12. The van der Waals surface area contributed by atoms with Crippen molar-refractivity contribution in [2.75, 3.05) is 6.54 Å². The highest BCUT2D eigenvalue weighted by Crippen LogP contribution is 2.21. The van der Waals surface area contributed by atoms with Gasteiger partial charge in [-0.3, -0.25) is 4.79 Å². The fourth-order valence-electron chi connectivity index (χ4n) is 2.61. The molecular weight excluding hydrogens is 270 g/mol. The lowest BCUT2D eigenvalue weighted by Gasteiger charge is -2.21. The number of nitrogens with zero attached hydrogens (tertiary/aromatic N) is 3. The number of hydrogen-bond acceptors (Lipinski definition) is 3. The third-order valence-electron chi connectivity index (χ3n) is 3.68. The van der Waals surface area contributed by atoms with E-state index in [4.69, 9.17) is 5.11 Å². The van der Waals surface area contributed by atoms with Crippen molar-refractivity contribution in [3.8, 4) is 5.69 Å². The Balaban J connectivity index is 1.80. The van der Waals surface area contributed by atoms with Crippen LogP contribution in [0.15, 0.2) is 42.7 Å². The van der Waals surface area contributed by atoms with Crippen LogP contribution in [0.5, 0.6) is 0 Å². The third-order valence-corrected chi connectivity index (χ3v) is 3.68. The van der Waals surface area contributed by atoms with E-state index in [0.29, 0.717) is 18.5 Å². The first-order valence-corrected chi connectivity index (χ1v) is 6.80. The number of likely N-dealkylation sites (tertiary alicyclic amines) is 1. The van der Waals surface area contributed by atoms with E-state index in [1.165, 1.54) is 4.90 Å². The Morgan fingerprint density at radius 3 is 2.62 bits per heavy atom. The van der Waals surface area contributed by atoms with E-state index in [0.717, 1.165) is 12.1 Å². The van der Waals surface area contributed by atoms with Crippen LogP contribution in [-0.4, -0.2) is 44.3 Å². The van der Waals surface area contributed by atoms with Gasteiger partial charge < -0.3 is 10.0 Å². The molecule has 1 unspecified atom stereocenters. The summed E-state index contributed by atoms with van der Waals surface area (Å²) in [5.41, 5.74) is 1.35. The molecule has 0 spiro atoms. The average Bonchev–Trinajstić information content (AvgIpc) is 3.18. The molecule has 21 heavy (non-hydrogen) atoms. The zero-order chi connectivity index (χ0) is 14.8. The normalized spacial score (nSPS) is 17.9. The highest BCUT2D eigenvalue weighted by molar-refractivity contribution is 5.97. The van der Waals surface area contributed by atoms with Crippen molar-refractivity contribution in [3.05, 3.63) is 48.3 Å². The SMILES string of the molecule is O=C(O)C1CCCN1C(=O)c1ccc(-n2cccn2)cc1. The Morgan fingerprint density at radius 2 is 2.00 bits per heavy atom. The number of benzene rings is 1. The molecule has 2 aromatic rings. The number of carboxylic acid groups (broad SMARTS) is 1. The first-order valence-electron chi connectivity index (χ1n) is 6.80. The van der Waals surface area contributed by atoms with E-state index in [9.17, 15) is 9.59 Å². The monoisotopic (exact) mass is 285 g/mol. The summed E-state index contributed by atoms with van der Waals surface area (Å²) >= 11 is 0. The Bertz CT molecular complexity index is 649. The van der Waals surface area contributed by atoms with Crippen LogP contribution in [0.2, 0.25) is 0 Å².